The Morgan fingerprint density at radius 3 is 2.83 bits per heavy atom. The molecule has 1 atom stereocenters. The van der Waals surface area contributed by atoms with Crippen molar-refractivity contribution in [3.63, 3.8) is 0 Å². The first kappa shape index (κ1) is 18.0. The summed E-state index contributed by atoms with van der Waals surface area (Å²) in [6.45, 7) is 5.47. The Balaban J connectivity index is 2.14. The van der Waals surface area contributed by atoms with Crippen LogP contribution in [-0.4, -0.2) is 56.4 Å². The number of morpholine rings is 1. The van der Waals surface area contributed by atoms with Crippen molar-refractivity contribution >= 4 is 17.5 Å². The summed E-state index contributed by atoms with van der Waals surface area (Å²) < 4.78 is 16.4. The molecule has 1 saturated heterocycles. The van der Waals surface area contributed by atoms with Gasteiger partial charge in [-0.25, -0.2) is 0 Å². The Bertz CT molecular complexity index is 562. The van der Waals surface area contributed by atoms with Gasteiger partial charge in [0.05, 0.1) is 31.8 Å². The van der Waals surface area contributed by atoms with Crippen molar-refractivity contribution in [1.29, 1.82) is 0 Å². The van der Waals surface area contributed by atoms with Gasteiger partial charge in [-0.2, -0.15) is 0 Å². The first-order valence-corrected chi connectivity index (χ1v) is 8.00. The van der Waals surface area contributed by atoms with E-state index in [0.717, 1.165) is 0 Å². The van der Waals surface area contributed by atoms with Crippen molar-refractivity contribution < 1.29 is 19.0 Å². The van der Waals surface area contributed by atoms with Crippen molar-refractivity contribution in [2.24, 2.45) is 0 Å². The molecule has 1 aromatic carbocycles. The zero-order valence-electron chi connectivity index (χ0n) is 14.1. The molecule has 0 aliphatic carbocycles. The molecule has 1 unspecified atom stereocenters. The van der Waals surface area contributed by atoms with Gasteiger partial charge in [0.15, 0.2) is 0 Å². The van der Waals surface area contributed by atoms with Crippen LogP contribution in [-0.2, 0) is 20.7 Å². The molecule has 0 saturated carbocycles. The Kier molecular flexibility index (Phi) is 5.89. The summed E-state index contributed by atoms with van der Waals surface area (Å²) in [6, 6.07) is 5.39. The van der Waals surface area contributed by atoms with Crippen LogP contribution in [0.15, 0.2) is 18.2 Å². The van der Waals surface area contributed by atoms with Gasteiger partial charge < -0.3 is 19.1 Å². The van der Waals surface area contributed by atoms with E-state index in [-0.39, 0.29) is 18.4 Å². The lowest BCUT2D eigenvalue weighted by molar-refractivity contribution is -0.168. The molecule has 128 valence electrons. The largest absolute Gasteiger partial charge is 0.496 e. The molecule has 1 fully saturated rings. The van der Waals surface area contributed by atoms with Gasteiger partial charge in [0.2, 0.25) is 5.91 Å². The third-order valence-electron chi connectivity index (χ3n) is 3.81. The van der Waals surface area contributed by atoms with Gasteiger partial charge in [-0.05, 0) is 26.0 Å². The highest BCUT2D eigenvalue weighted by Gasteiger charge is 2.35. The Morgan fingerprint density at radius 1 is 1.43 bits per heavy atom. The summed E-state index contributed by atoms with van der Waals surface area (Å²) in [7, 11) is 3.21. The second kappa shape index (κ2) is 7.51. The molecule has 0 aromatic heterocycles. The van der Waals surface area contributed by atoms with E-state index >= 15 is 0 Å². The number of halogens is 1. The maximum atomic E-state index is 12.7. The molecular weight excluding hydrogens is 318 g/mol. The fourth-order valence-corrected chi connectivity index (χ4v) is 3.16. The van der Waals surface area contributed by atoms with Gasteiger partial charge >= 0.3 is 0 Å². The van der Waals surface area contributed by atoms with E-state index in [1.165, 1.54) is 0 Å². The van der Waals surface area contributed by atoms with Gasteiger partial charge in [-0.1, -0.05) is 17.7 Å². The minimum Gasteiger partial charge on any atom is -0.496 e. The monoisotopic (exact) mass is 341 g/mol. The summed E-state index contributed by atoms with van der Waals surface area (Å²) in [5.74, 6) is 0.640. The van der Waals surface area contributed by atoms with Crippen LogP contribution < -0.4 is 4.74 Å². The molecule has 1 heterocycles. The predicted octanol–water partition coefficient (Wildman–Crippen LogP) is 2.54. The lowest BCUT2D eigenvalue weighted by Gasteiger charge is -2.42. The van der Waals surface area contributed by atoms with Crippen LogP contribution in [0.2, 0.25) is 5.02 Å². The number of hydrogen-bond donors (Lipinski definition) is 0. The lowest BCUT2D eigenvalue weighted by atomic mass is 10.0. The summed E-state index contributed by atoms with van der Waals surface area (Å²) >= 11 is 6.23. The normalized spacial score (nSPS) is 20.4. The topological polar surface area (TPSA) is 48.0 Å². The van der Waals surface area contributed by atoms with Crippen molar-refractivity contribution in [1.82, 2.24) is 4.90 Å². The molecular formula is C17H24ClNO4. The van der Waals surface area contributed by atoms with E-state index < -0.39 is 5.60 Å². The summed E-state index contributed by atoms with van der Waals surface area (Å²) in [6.07, 6.45) is 0.0828. The summed E-state index contributed by atoms with van der Waals surface area (Å²) in [4.78, 5) is 14.6. The van der Waals surface area contributed by atoms with Crippen molar-refractivity contribution in [3.05, 3.63) is 28.8 Å². The SMILES string of the molecule is COCC1CN(C(=O)Cc2c(Cl)cccc2OC)CC(C)(C)O1. The van der Waals surface area contributed by atoms with Gasteiger partial charge in [0, 0.05) is 30.8 Å². The van der Waals surface area contributed by atoms with E-state index in [2.05, 4.69) is 0 Å². The van der Waals surface area contributed by atoms with E-state index in [0.29, 0.717) is 36.0 Å². The Labute approximate surface area is 142 Å². The highest BCUT2D eigenvalue weighted by molar-refractivity contribution is 6.31. The van der Waals surface area contributed by atoms with Crippen LogP contribution in [0.25, 0.3) is 0 Å². The second-order valence-electron chi connectivity index (χ2n) is 6.33. The van der Waals surface area contributed by atoms with Crippen molar-refractivity contribution in [2.75, 3.05) is 33.9 Å². The first-order chi connectivity index (χ1) is 10.9. The number of ether oxygens (including phenoxy) is 3. The van der Waals surface area contributed by atoms with Crippen LogP contribution in [0.5, 0.6) is 5.75 Å². The molecule has 1 aliphatic heterocycles. The first-order valence-electron chi connectivity index (χ1n) is 7.62. The summed E-state index contributed by atoms with van der Waals surface area (Å²) in [5, 5.41) is 0.540. The Hall–Kier alpha value is -1.30. The maximum absolute atomic E-state index is 12.7. The third kappa shape index (κ3) is 4.59. The Morgan fingerprint density at radius 2 is 2.17 bits per heavy atom. The fraction of sp³-hybridized carbons (Fsp3) is 0.588. The molecule has 23 heavy (non-hydrogen) atoms. The molecule has 1 aliphatic rings. The third-order valence-corrected chi connectivity index (χ3v) is 4.16. The number of nitrogens with zero attached hydrogens (tertiary/aromatic N) is 1. The smallest absolute Gasteiger partial charge is 0.227 e. The van der Waals surface area contributed by atoms with Crippen LogP contribution in [0.3, 0.4) is 0 Å². The summed E-state index contributed by atoms with van der Waals surface area (Å²) in [5.41, 5.74) is 0.316. The number of carbonyl (C=O) groups excluding carboxylic acids is 1. The molecule has 2 rings (SSSR count). The number of carbonyl (C=O) groups is 1. The van der Waals surface area contributed by atoms with E-state index in [1.807, 2.05) is 30.9 Å². The predicted molar refractivity (Wildman–Crippen MR) is 89.1 cm³/mol. The average Bonchev–Trinajstić information content (AvgIpc) is 2.48. The number of rotatable bonds is 5. The van der Waals surface area contributed by atoms with E-state index in [9.17, 15) is 4.79 Å². The molecule has 1 amide bonds. The van der Waals surface area contributed by atoms with Crippen LogP contribution >= 0.6 is 11.6 Å². The highest BCUT2D eigenvalue weighted by Crippen LogP contribution is 2.28. The van der Waals surface area contributed by atoms with Crippen LogP contribution in [0.4, 0.5) is 0 Å². The van der Waals surface area contributed by atoms with Crippen LogP contribution in [0, 0.1) is 0 Å². The quantitative estimate of drug-likeness (QED) is 0.825. The zero-order chi connectivity index (χ0) is 17.0. The van der Waals surface area contributed by atoms with Crippen LogP contribution in [0.1, 0.15) is 19.4 Å². The van der Waals surface area contributed by atoms with Gasteiger partial charge in [0.25, 0.3) is 0 Å². The maximum Gasteiger partial charge on any atom is 0.227 e. The number of amides is 1. The molecule has 0 spiro atoms. The highest BCUT2D eigenvalue weighted by atomic mass is 35.5. The average molecular weight is 342 g/mol. The zero-order valence-corrected chi connectivity index (χ0v) is 14.9. The van der Waals surface area contributed by atoms with Gasteiger partial charge in [-0.3, -0.25) is 4.79 Å². The second-order valence-corrected chi connectivity index (χ2v) is 6.73. The molecule has 6 heteroatoms. The number of methoxy groups -OCH3 is 2. The van der Waals surface area contributed by atoms with Gasteiger partial charge in [-0.15, -0.1) is 0 Å². The lowest BCUT2D eigenvalue weighted by Crippen LogP contribution is -2.56. The van der Waals surface area contributed by atoms with Crippen molar-refractivity contribution in [3.8, 4) is 5.75 Å². The fourth-order valence-electron chi connectivity index (χ4n) is 2.92. The molecule has 1 aromatic rings. The van der Waals surface area contributed by atoms with Gasteiger partial charge in [0.1, 0.15) is 5.75 Å². The van der Waals surface area contributed by atoms with E-state index in [4.69, 9.17) is 25.8 Å². The molecule has 0 bridgehead atoms. The molecule has 5 nitrogen and oxygen atoms in total. The van der Waals surface area contributed by atoms with Crippen molar-refractivity contribution in [2.45, 2.75) is 32.0 Å². The minimum atomic E-state index is -0.401. The standard InChI is InChI=1S/C17H24ClNO4/c1-17(2)11-19(9-12(23-17)10-21-3)16(20)8-13-14(18)6-5-7-15(13)22-4/h5-7,12H,8-11H2,1-4H3. The molecule has 0 radical (unpaired) electrons. The number of benzene rings is 1. The minimum absolute atomic E-state index is 0.00822. The molecule has 0 N–H and O–H groups in total. The van der Waals surface area contributed by atoms with E-state index in [1.54, 1.807) is 20.3 Å². The number of hydrogen-bond acceptors (Lipinski definition) is 4.